The Morgan fingerprint density at radius 3 is 2.46 bits per heavy atom. The minimum atomic E-state index is -3.74. The standard InChI is InChI=1S/C18H20N2O3S/c1-14-4-2-5-15(12-14)24(22,23)18-7-3-6-17(16(18)13-21)20-10-8-19-9-11-20/h2-7,12-13,19H,8-11H2,1H3. The molecule has 1 heterocycles. The maximum atomic E-state index is 13.0. The molecule has 0 unspecified atom stereocenters. The molecule has 5 nitrogen and oxygen atoms in total. The molecule has 0 amide bonds. The fourth-order valence-electron chi connectivity index (χ4n) is 2.98. The summed E-state index contributed by atoms with van der Waals surface area (Å²) in [4.78, 5) is 14.1. The van der Waals surface area contributed by atoms with Crippen molar-refractivity contribution in [2.75, 3.05) is 31.1 Å². The van der Waals surface area contributed by atoms with Crippen LogP contribution in [0.5, 0.6) is 0 Å². The van der Waals surface area contributed by atoms with Crippen LogP contribution in [0.15, 0.2) is 52.3 Å². The highest BCUT2D eigenvalue weighted by atomic mass is 32.2. The van der Waals surface area contributed by atoms with Gasteiger partial charge in [0.1, 0.15) is 0 Å². The van der Waals surface area contributed by atoms with E-state index in [4.69, 9.17) is 0 Å². The fourth-order valence-corrected chi connectivity index (χ4v) is 4.53. The molecule has 0 aliphatic carbocycles. The molecule has 0 atom stereocenters. The summed E-state index contributed by atoms with van der Waals surface area (Å²) < 4.78 is 26.0. The Balaban J connectivity index is 2.12. The molecule has 3 rings (SSSR count). The van der Waals surface area contributed by atoms with Crippen LogP contribution in [0.3, 0.4) is 0 Å². The molecule has 1 fully saturated rings. The largest absolute Gasteiger partial charge is 0.368 e. The van der Waals surface area contributed by atoms with Crippen LogP contribution >= 0.6 is 0 Å². The van der Waals surface area contributed by atoms with Crippen LogP contribution in [-0.4, -0.2) is 40.9 Å². The number of rotatable bonds is 4. The fraction of sp³-hybridized carbons (Fsp3) is 0.278. The van der Waals surface area contributed by atoms with Crippen molar-refractivity contribution in [3.63, 3.8) is 0 Å². The van der Waals surface area contributed by atoms with Crippen molar-refractivity contribution < 1.29 is 13.2 Å². The normalized spacial score (nSPS) is 15.3. The molecule has 0 saturated carbocycles. The second-order valence-electron chi connectivity index (χ2n) is 5.86. The third-order valence-electron chi connectivity index (χ3n) is 4.21. The van der Waals surface area contributed by atoms with Gasteiger partial charge in [-0.05, 0) is 36.8 Å². The van der Waals surface area contributed by atoms with Crippen LogP contribution in [0.1, 0.15) is 15.9 Å². The van der Waals surface area contributed by atoms with Gasteiger partial charge in [-0.25, -0.2) is 8.42 Å². The number of carbonyl (C=O) groups excluding carboxylic acids is 1. The third kappa shape index (κ3) is 3.07. The van der Waals surface area contributed by atoms with Crippen LogP contribution in [-0.2, 0) is 9.84 Å². The van der Waals surface area contributed by atoms with Gasteiger partial charge in [0.2, 0.25) is 9.84 Å². The van der Waals surface area contributed by atoms with E-state index in [0.717, 1.165) is 31.7 Å². The number of carbonyl (C=O) groups is 1. The predicted octanol–water partition coefficient (Wildman–Crippen LogP) is 2.05. The maximum Gasteiger partial charge on any atom is 0.207 e. The number of benzene rings is 2. The van der Waals surface area contributed by atoms with Crippen molar-refractivity contribution in [1.82, 2.24) is 5.32 Å². The zero-order valence-corrected chi connectivity index (χ0v) is 14.3. The van der Waals surface area contributed by atoms with Crippen LogP contribution in [0.25, 0.3) is 0 Å². The zero-order chi connectivity index (χ0) is 17.2. The number of nitrogens with zero attached hydrogens (tertiary/aromatic N) is 1. The lowest BCUT2D eigenvalue weighted by Gasteiger charge is -2.30. The number of sulfone groups is 1. The first kappa shape index (κ1) is 16.7. The molecule has 6 heteroatoms. The minimum absolute atomic E-state index is 0.0686. The van der Waals surface area contributed by atoms with Crippen LogP contribution < -0.4 is 10.2 Å². The molecule has 24 heavy (non-hydrogen) atoms. The maximum absolute atomic E-state index is 13.0. The van der Waals surface area contributed by atoms with E-state index in [1.54, 1.807) is 24.3 Å². The molecule has 126 valence electrons. The molecule has 2 aromatic rings. The van der Waals surface area contributed by atoms with Gasteiger partial charge in [-0.3, -0.25) is 4.79 Å². The van der Waals surface area contributed by atoms with Gasteiger partial charge in [0.15, 0.2) is 6.29 Å². The molecular formula is C18H20N2O3S. The summed E-state index contributed by atoms with van der Waals surface area (Å²) in [5.74, 6) is 0. The first-order valence-corrected chi connectivity index (χ1v) is 9.38. The Bertz CT molecular complexity index is 856. The lowest BCUT2D eigenvalue weighted by atomic mass is 10.1. The highest BCUT2D eigenvalue weighted by Crippen LogP contribution is 2.30. The van der Waals surface area contributed by atoms with E-state index < -0.39 is 9.84 Å². The summed E-state index contributed by atoms with van der Waals surface area (Å²) in [6.45, 7) is 4.96. The molecule has 0 aromatic heterocycles. The lowest BCUT2D eigenvalue weighted by Crippen LogP contribution is -2.44. The van der Waals surface area contributed by atoms with Gasteiger partial charge in [0, 0.05) is 31.9 Å². The lowest BCUT2D eigenvalue weighted by molar-refractivity contribution is 0.112. The average Bonchev–Trinajstić information content (AvgIpc) is 2.61. The Morgan fingerprint density at radius 2 is 1.79 bits per heavy atom. The molecule has 1 aliphatic rings. The number of hydrogen-bond acceptors (Lipinski definition) is 5. The quantitative estimate of drug-likeness (QED) is 0.860. The van der Waals surface area contributed by atoms with E-state index in [0.29, 0.717) is 12.0 Å². The number of nitrogens with one attached hydrogen (secondary N) is 1. The Morgan fingerprint density at radius 1 is 1.08 bits per heavy atom. The van der Waals surface area contributed by atoms with E-state index in [9.17, 15) is 13.2 Å². The van der Waals surface area contributed by atoms with Crippen molar-refractivity contribution >= 4 is 21.8 Å². The van der Waals surface area contributed by atoms with Gasteiger partial charge >= 0.3 is 0 Å². The van der Waals surface area contributed by atoms with E-state index in [-0.39, 0.29) is 15.4 Å². The van der Waals surface area contributed by atoms with Gasteiger partial charge in [-0.15, -0.1) is 0 Å². The van der Waals surface area contributed by atoms with Gasteiger partial charge in [0.25, 0.3) is 0 Å². The molecule has 0 bridgehead atoms. The molecule has 0 radical (unpaired) electrons. The second-order valence-corrected chi connectivity index (χ2v) is 7.78. The van der Waals surface area contributed by atoms with E-state index >= 15 is 0 Å². The predicted molar refractivity (Wildman–Crippen MR) is 93.5 cm³/mol. The third-order valence-corrected chi connectivity index (χ3v) is 6.02. The van der Waals surface area contributed by atoms with E-state index in [1.165, 1.54) is 6.07 Å². The first-order valence-electron chi connectivity index (χ1n) is 7.89. The smallest absolute Gasteiger partial charge is 0.207 e. The summed E-state index contributed by atoms with van der Waals surface area (Å²) >= 11 is 0. The SMILES string of the molecule is Cc1cccc(S(=O)(=O)c2cccc(N3CCNCC3)c2C=O)c1. The van der Waals surface area contributed by atoms with Crippen molar-refractivity contribution in [3.8, 4) is 0 Å². The van der Waals surface area contributed by atoms with E-state index in [1.807, 2.05) is 19.1 Å². The van der Waals surface area contributed by atoms with Gasteiger partial charge in [-0.1, -0.05) is 18.2 Å². The Labute approximate surface area is 142 Å². The van der Waals surface area contributed by atoms with Crippen molar-refractivity contribution in [2.45, 2.75) is 16.7 Å². The summed E-state index contributed by atoms with van der Waals surface area (Å²) in [5.41, 5.74) is 1.78. The summed E-state index contributed by atoms with van der Waals surface area (Å²) in [5, 5.41) is 3.25. The topological polar surface area (TPSA) is 66.5 Å². The summed E-state index contributed by atoms with van der Waals surface area (Å²) in [6, 6.07) is 11.8. The monoisotopic (exact) mass is 344 g/mol. The molecule has 0 spiro atoms. The number of aldehydes is 1. The van der Waals surface area contributed by atoms with Gasteiger partial charge in [0.05, 0.1) is 15.4 Å². The number of piperazine rings is 1. The summed E-state index contributed by atoms with van der Waals surface area (Å²) in [6.07, 6.45) is 0.653. The molecular weight excluding hydrogens is 324 g/mol. The summed E-state index contributed by atoms with van der Waals surface area (Å²) in [7, 11) is -3.74. The number of aryl methyl sites for hydroxylation is 1. The highest BCUT2D eigenvalue weighted by Gasteiger charge is 2.25. The highest BCUT2D eigenvalue weighted by molar-refractivity contribution is 7.91. The number of anilines is 1. The second kappa shape index (κ2) is 6.75. The van der Waals surface area contributed by atoms with Crippen LogP contribution in [0.2, 0.25) is 0 Å². The molecule has 1 N–H and O–H groups in total. The molecule has 1 saturated heterocycles. The van der Waals surface area contributed by atoms with Crippen molar-refractivity contribution in [2.24, 2.45) is 0 Å². The first-order chi connectivity index (χ1) is 11.5. The number of hydrogen-bond donors (Lipinski definition) is 1. The Kier molecular flexibility index (Phi) is 4.69. The average molecular weight is 344 g/mol. The van der Waals surface area contributed by atoms with Crippen molar-refractivity contribution in [3.05, 3.63) is 53.6 Å². The Hall–Kier alpha value is -2.18. The van der Waals surface area contributed by atoms with Crippen molar-refractivity contribution in [1.29, 1.82) is 0 Å². The molecule has 1 aliphatic heterocycles. The zero-order valence-electron chi connectivity index (χ0n) is 13.5. The van der Waals surface area contributed by atoms with Crippen LogP contribution in [0, 0.1) is 6.92 Å². The minimum Gasteiger partial charge on any atom is -0.368 e. The van der Waals surface area contributed by atoms with Gasteiger partial charge < -0.3 is 10.2 Å². The van der Waals surface area contributed by atoms with Crippen LogP contribution in [0.4, 0.5) is 5.69 Å². The molecule has 2 aromatic carbocycles. The van der Waals surface area contributed by atoms with E-state index in [2.05, 4.69) is 10.2 Å². The van der Waals surface area contributed by atoms with Gasteiger partial charge in [-0.2, -0.15) is 0 Å².